The maximum atomic E-state index is 14.0. The van der Waals surface area contributed by atoms with Crippen molar-refractivity contribution in [2.24, 2.45) is 10.9 Å². The van der Waals surface area contributed by atoms with Gasteiger partial charge in [-0.3, -0.25) is 9.79 Å². The number of benzene rings is 1. The molecule has 1 aromatic rings. The largest absolute Gasteiger partial charge is 0.354 e. The number of guanidine groups is 1. The van der Waals surface area contributed by atoms with E-state index in [1.54, 1.807) is 7.05 Å². The van der Waals surface area contributed by atoms with Gasteiger partial charge in [0.25, 0.3) is 0 Å². The van der Waals surface area contributed by atoms with Crippen LogP contribution in [0.15, 0.2) is 23.2 Å². The Kier molecular flexibility index (Phi) is 8.83. The first-order valence-electron chi connectivity index (χ1n) is 10.9. The summed E-state index contributed by atoms with van der Waals surface area (Å²) in [7, 11) is 1.71. The average molecular weight is 564 g/mol. The van der Waals surface area contributed by atoms with Crippen LogP contribution in [0.5, 0.6) is 0 Å². The zero-order valence-corrected chi connectivity index (χ0v) is 20.9. The molecule has 3 aliphatic rings. The van der Waals surface area contributed by atoms with Gasteiger partial charge in [0.1, 0.15) is 11.6 Å². The normalized spacial score (nSPS) is 28.5. The number of rotatable bonds is 4. The molecule has 4 rings (SSSR count). The van der Waals surface area contributed by atoms with Gasteiger partial charge >= 0.3 is 0 Å². The van der Waals surface area contributed by atoms with Crippen LogP contribution in [-0.4, -0.2) is 60.5 Å². The van der Waals surface area contributed by atoms with E-state index in [0.29, 0.717) is 18.3 Å². The molecule has 2 aliphatic carbocycles. The van der Waals surface area contributed by atoms with E-state index in [-0.39, 0.29) is 53.5 Å². The van der Waals surface area contributed by atoms with Gasteiger partial charge in [-0.2, -0.15) is 11.8 Å². The summed E-state index contributed by atoms with van der Waals surface area (Å²) in [4.78, 5) is 19.0. The number of nitrogens with zero attached hydrogens (tertiary/aromatic N) is 2. The third-order valence-corrected chi connectivity index (χ3v) is 7.39. The first-order chi connectivity index (χ1) is 14.6. The minimum Gasteiger partial charge on any atom is -0.354 e. The van der Waals surface area contributed by atoms with Gasteiger partial charge in [0.15, 0.2) is 5.96 Å². The molecule has 9 heteroatoms. The number of nitrogens with one attached hydrogen (secondary N) is 2. The van der Waals surface area contributed by atoms with Crippen LogP contribution in [0, 0.1) is 17.6 Å². The fraction of sp³-hybridized carbons (Fsp3) is 0.636. The molecule has 5 nitrogen and oxygen atoms in total. The Morgan fingerprint density at radius 1 is 1.10 bits per heavy atom. The first-order valence-corrected chi connectivity index (χ1v) is 12.0. The fourth-order valence-electron chi connectivity index (χ4n) is 4.60. The Morgan fingerprint density at radius 3 is 2.35 bits per heavy atom. The lowest BCUT2D eigenvalue weighted by molar-refractivity contribution is -0.136. The maximum absolute atomic E-state index is 14.0. The molecule has 1 aliphatic heterocycles. The highest BCUT2D eigenvalue weighted by molar-refractivity contribution is 14.0. The molecule has 1 aromatic carbocycles. The van der Waals surface area contributed by atoms with Crippen LogP contribution < -0.4 is 10.6 Å². The lowest BCUT2D eigenvalue weighted by Gasteiger charge is -2.34. The molecular weight excluding hydrogens is 533 g/mol. The Labute approximate surface area is 204 Å². The van der Waals surface area contributed by atoms with Crippen LogP contribution >= 0.6 is 35.7 Å². The number of hydrogen-bond acceptors (Lipinski definition) is 3. The predicted octanol–water partition coefficient (Wildman–Crippen LogP) is 3.74. The monoisotopic (exact) mass is 564 g/mol. The predicted molar refractivity (Wildman–Crippen MR) is 132 cm³/mol. The van der Waals surface area contributed by atoms with E-state index in [4.69, 9.17) is 0 Å². The standard InChI is InChI=1S/C22H30F2N4OS.HI/c1-25-22(27-19-13-16(19)20-17(23)3-2-4-18(20)24)26-15-7-5-14(6-8-15)21(29)28-9-11-30-12-10-28;/h2-4,14-16,19H,5-13H2,1H3,(H2,25,26,27);1H. The molecule has 172 valence electrons. The van der Waals surface area contributed by atoms with E-state index in [1.807, 2.05) is 16.7 Å². The number of amides is 1. The van der Waals surface area contributed by atoms with Gasteiger partial charge in [-0.05, 0) is 44.2 Å². The molecule has 0 aromatic heterocycles. The van der Waals surface area contributed by atoms with Crippen molar-refractivity contribution in [1.82, 2.24) is 15.5 Å². The molecule has 2 atom stereocenters. The molecule has 2 saturated carbocycles. The summed E-state index contributed by atoms with van der Waals surface area (Å²) in [5.74, 6) is 2.09. The van der Waals surface area contributed by atoms with Gasteiger partial charge < -0.3 is 15.5 Å². The van der Waals surface area contributed by atoms with E-state index >= 15 is 0 Å². The van der Waals surface area contributed by atoms with Crippen molar-refractivity contribution < 1.29 is 13.6 Å². The number of hydrogen-bond donors (Lipinski definition) is 2. The van der Waals surface area contributed by atoms with Crippen molar-refractivity contribution in [2.45, 2.75) is 50.1 Å². The highest BCUT2D eigenvalue weighted by Crippen LogP contribution is 2.43. The van der Waals surface area contributed by atoms with Gasteiger partial charge in [0.2, 0.25) is 5.91 Å². The van der Waals surface area contributed by atoms with Crippen molar-refractivity contribution in [3.63, 3.8) is 0 Å². The molecule has 2 N–H and O–H groups in total. The highest BCUT2D eigenvalue weighted by atomic mass is 127. The van der Waals surface area contributed by atoms with Gasteiger partial charge in [0.05, 0.1) is 0 Å². The molecule has 31 heavy (non-hydrogen) atoms. The van der Waals surface area contributed by atoms with Crippen LogP contribution in [-0.2, 0) is 4.79 Å². The van der Waals surface area contributed by atoms with E-state index in [2.05, 4.69) is 15.6 Å². The topological polar surface area (TPSA) is 56.7 Å². The van der Waals surface area contributed by atoms with Crippen molar-refractivity contribution in [3.05, 3.63) is 35.4 Å². The zero-order valence-electron chi connectivity index (χ0n) is 17.8. The second kappa shape index (κ2) is 11.2. The summed E-state index contributed by atoms with van der Waals surface area (Å²) in [6, 6.07) is 4.26. The number of thioether (sulfide) groups is 1. The first kappa shape index (κ1) is 24.5. The average Bonchev–Trinajstić information content (AvgIpc) is 3.52. The molecule has 3 fully saturated rings. The molecule has 1 heterocycles. The van der Waals surface area contributed by atoms with Crippen molar-refractivity contribution in [2.75, 3.05) is 31.6 Å². The number of carbonyl (C=O) groups excluding carboxylic acids is 1. The summed E-state index contributed by atoms with van der Waals surface area (Å²) in [6.45, 7) is 1.76. The Hall–Kier alpha value is -1.10. The van der Waals surface area contributed by atoms with Gasteiger partial charge in [0, 0.05) is 61.1 Å². The third-order valence-electron chi connectivity index (χ3n) is 6.45. The molecule has 1 amide bonds. The van der Waals surface area contributed by atoms with Crippen LogP contribution in [0.1, 0.15) is 43.6 Å². The number of carbonyl (C=O) groups is 1. The summed E-state index contributed by atoms with van der Waals surface area (Å²) >= 11 is 1.92. The molecule has 0 bridgehead atoms. The second-order valence-electron chi connectivity index (χ2n) is 8.43. The number of aliphatic imine (C=N–C) groups is 1. The van der Waals surface area contributed by atoms with Gasteiger partial charge in [-0.1, -0.05) is 6.07 Å². The highest BCUT2D eigenvalue weighted by Gasteiger charge is 2.42. The van der Waals surface area contributed by atoms with Crippen LogP contribution in [0.4, 0.5) is 8.78 Å². The second-order valence-corrected chi connectivity index (χ2v) is 9.66. The zero-order chi connectivity index (χ0) is 21.1. The Bertz CT molecular complexity index is 777. The fourth-order valence-corrected chi connectivity index (χ4v) is 5.51. The maximum Gasteiger partial charge on any atom is 0.225 e. The van der Waals surface area contributed by atoms with E-state index < -0.39 is 11.6 Å². The smallest absolute Gasteiger partial charge is 0.225 e. The summed E-state index contributed by atoms with van der Waals surface area (Å²) in [5.41, 5.74) is 0.167. The molecule has 2 unspecified atom stereocenters. The SMILES string of the molecule is CN=C(NC1CCC(C(=O)N2CCSCC2)CC1)NC1CC1c1c(F)cccc1F.I. The molecular formula is C22H31F2IN4OS. The summed E-state index contributed by atoms with van der Waals surface area (Å²) < 4.78 is 28.0. The lowest BCUT2D eigenvalue weighted by Crippen LogP contribution is -2.47. The Morgan fingerprint density at radius 2 is 1.74 bits per heavy atom. The summed E-state index contributed by atoms with van der Waals surface area (Å²) in [5, 5.41) is 6.75. The molecule has 1 saturated heterocycles. The van der Waals surface area contributed by atoms with E-state index in [1.165, 1.54) is 18.2 Å². The lowest BCUT2D eigenvalue weighted by atomic mass is 9.85. The summed E-state index contributed by atoms with van der Waals surface area (Å²) in [6.07, 6.45) is 4.33. The van der Waals surface area contributed by atoms with Crippen molar-refractivity contribution in [3.8, 4) is 0 Å². The minimum absolute atomic E-state index is 0. The van der Waals surface area contributed by atoms with Crippen LogP contribution in [0.2, 0.25) is 0 Å². The third kappa shape index (κ3) is 6.03. The minimum atomic E-state index is -0.484. The van der Waals surface area contributed by atoms with Crippen molar-refractivity contribution >= 4 is 47.6 Å². The number of halogens is 3. The van der Waals surface area contributed by atoms with Gasteiger partial charge in [-0.15, -0.1) is 24.0 Å². The van der Waals surface area contributed by atoms with Crippen molar-refractivity contribution in [1.29, 1.82) is 0 Å². The molecule has 0 spiro atoms. The van der Waals surface area contributed by atoms with Gasteiger partial charge in [-0.25, -0.2) is 8.78 Å². The molecule has 0 radical (unpaired) electrons. The van der Waals surface area contributed by atoms with Crippen LogP contribution in [0.25, 0.3) is 0 Å². The van der Waals surface area contributed by atoms with Crippen LogP contribution in [0.3, 0.4) is 0 Å². The Balaban J connectivity index is 0.00000272. The quantitative estimate of drug-likeness (QED) is 0.333. The van der Waals surface area contributed by atoms with E-state index in [9.17, 15) is 13.6 Å². The van der Waals surface area contributed by atoms with E-state index in [0.717, 1.165) is 50.3 Å².